The summed E-state index contributed by atoms with van der Waals surface area (Å²) < 4.78 is 30.2. The largest absolute Gasteiger partial charge is 0.379 e. The van der Waals surface area contributed by atoms with Crippen LogP contribution in [0.25, 0.3) is 11.3 Å². The Morgan fingerprint density at radius 1 is 0.967 bits per heavy atom. The zero-order valence-corrected chi connectivity index (χ0v) is 20.3. The van der Waals surface area contributed by atoms with Crippen LogP contribution < -0.4 is 4.57 Å². The van der Waals surface area contributed by atoms with Crippen LogP contribution in [0.4, 0.5) is 0 Å². The highest BCUT2D eigenvalue weighted by atomic mass is 35.5. The van der Waals surface area contributed by atoms with E-state index in [1.807, 2.05) is 22.9 Å². The molecule has 1 aromatic carbocycles. The normalized spacial score (nSPS) is 12.0. The summed E-state index contributed by atoms with van der Waals surface area (Å²) in [7, 11) is -0.523. The first-order chi connectivity index (χ1) is 14.4. The quantitative estimate of drug-likeness (QED) is 0.272. The van der Waals surface area contributed by atoms with Crippen molar-refractivity contribution in [2.24, 2.45) is 0 Å². The third-order valence-electron chi connectivity index (χ3n) is 5.38. The molecule has 1 heterocycles. The summed E-state index contributed by atoms with van der Waals surface area (Å²) in [5.41, 5.74) is 1.41. The van der Waals surface area contributed by atoms with Gasteiger partial charge in [0, 0.05) is 24.7 Å². The number of benzene rings is 1. The van der Waals surface area contributed by atoms with Gasteiger partial charge < -0.3 is 0 Å². The van der Waals surface area contributed by atoms with Crippen LogP contribution in [-0.4, -0.2) is 30.8 Å². The van der Waals surface area contributed by atoms with Gasteiger partial charge in [-0.25, -0.2) is 4.57 Å². The van der Waals surface area contributed by atoms with E-state index in [1.165, 1.54) is 66.1 Å². The number of aryl methyl sites for hydroxylation is 1. The van der Waals surface area contributed by atoms with Gasteiger partial charge in [-0.05, 0) is 25.0 Å². The first-order valence-corrected chi connectivity index (χ1v) is 12.9. The van der Waals surface area contributed by atoms with Gasteiger partial charge in [0.25, 0.3) is 6.33 Å². The van der Waals surface area contributed by atoms with Crippen LogP contribution in [0.15, 0.2) is 36.8 Å². The first-order valence-electron chi connectivity index (χ1n) is 11.2. The summed E-state index contributed by atoms with van der Waals surface area (Å²) in [5.74, 6) is 0. The molecule has 0 spiro atoms. The number of nitrogens with zero attached hydrogens (tertiary/aromatic N) is 3. The highest BCUT2D eigenvalue weighted by molar-refractivity contribution is 7.87. The molecule has 5 nitrogen and oxygen atoms in total. The van der Waals surface area contributed by atoms with Gasteiger partial charge in [0.05, 0.1) is 6.54 Å². The van der Waals surface area contributed by atoms with Crippen molar-refractivity contribution in [3.05, 3.63) is 41.8 Å². The SMILES string of the molecule is CCCCCCCCCCCC[n+]1cc(-c2cccc(Cl)c2)n(S(=O)(=O)N(C)C)c1. The Morgan fingerprint density at radius 3 is 2.13 bits per heavy atom. The summed E-state index contributed by atoms with van der Waals surface area (Å²) in [6, 6.07) is 7.30. The topological polar surface area (TPSA) is 46.2 Å². The lowest BCUT2D eigenvalue weighted by Crippen LogP contribution is -2.33. The molecule has 0 fully saturated rings. The number of unbranched alkanes of at least 4 members (excludes halogenated alkanes) is 9. The molecular formula is C23H37ClN3O2S+. The highest BCUT2D eigenvalue weighted by Gasteiger charge is 2.29. The standard InChI is InChI=1S/C23H37ClN3O2S/c1-4-5-6-7-8-9-10-11-12-13-17-26-19-23(21-15-14-16-22(24)18-21)27(20-26)30(28,29)25(2)3/h14-16,18-20H,4-13,17H2,1-3H3/q+1. The number of rotatable bonds is 14. The van der Waals surface area contributed by atoms with E-state index in [4.69, 9.17) is 11.6 Å². The highest BCUT2D eigenvalue weighted by Crippen LogP contribution is 2.24. The van der Waals surface area contributed by atoms with Gasteiger partial charge in [0.2, 0.25) is 0 Å². The van der Waals surface area contributed by atoms with Crippen LogP contribution in [0.1, 0.15) is 71.1 Å². The zero-order chi connectivity index (χ0) is 22.0. The third-order valence-corrected chi connectivity index (χ3v) is 7.33. The molecule has 2 rings (SSSR count). The summed E-state index contributed by atoms with van der Waals surface area (Å²) in [4.78, 5) is 0. The average molecular weight is 455 g/mol. The van der Waals surface area contributed by atoms with Gasteiger partial charge in [-0.3, -0.25) is 0 Å². The summed E-state index contributed by atoms with van der Waals surface area (Å²) in [6.07, 6.45) is 16.4. The van der Waals surface area contributed by atoms with Gasteiger partial charge in [-0.1, -0.05) is 82.0 Å². The molecule has 168 valence electrons. The molecule has 0 aliphatic carbocycles. The van der Waals surface area contributed by atoms with Crippen LogP contribution in [-0.2, 0) is 16.8 Å². The molecule has 0 aliphatic heterocycles. The Labute approximate surface area is 187 Å². The lowest BCUT2D eigenvalue weighted by atomic mass is 10.1. The number of halogens is 1. The van der Waals surface area contributed by atoms with E-state index in [9.17, 15) is 8.42 Å². The van der Waals surface area contributed by atoms with Crippen molar-refractivity contribution in [3.63, 3.8) is 0 Å². The van der Waals surface area contributed by atoms with Crippen molar-refractivity contribution in [1.82, 2.24) is 8.28 Å². The fourth-order valence-corrected chi connectivity index (χ4v) is 4.74. The van der Waals surface area contributed by atoms with Crippen LogP contribution in [0, 0.1) is 0 Å². The Morgan fingerprint density at radius 2 is 1.57 bits per heavy atom. The van der Waals surface area contributed by atoms with E-state index in [0.29, 0.717) is 10.7 Å². The molecule has 0 bridgehead atoms. The van der Waals surface area contributed by atoms with Gasteiger partial charge >= 0.3 is 10.2 Å². The second kappa shape index (κ2) is 12.5. The lowest BCUT2D eigenvalue weighted by Gasteiger charge is -2.09. The minimum Gasteiger partial charge on any atom is -0.235 e. The molecular weight excluding hydrogens is 418 g/mol. The van der Waals surface area contributed by atoms with E-state index in [0.717, 1.165) is 18.5 Å². The molecule has 0 atom stereocenters. The monoisotopic (exact) mass is 454 g/mol. The molecule has 30 heavy (non-hydrogen) atoms. The predicted molar refractivity (Wildman–Crippen MR) is 125 cm³/mol. The van der Waals surface area contributed by atoms with Crippen molar-refractivity contribution in [1.29, 1.82) is 0 Å². The van der Waals surface area contributed by atoms with Crippen LogP contribution in [0.3, 0.4) is 0 Å². The maximum absolute atomic E-state index is 12.8. The smallest absolute Gasteiger partial charge is 0.235 e. The number of aromatic nitrogens is 2. The van der Waals surface area contributed by atoms with Gasteiger partial charge in [0.15, 0.2) is 5.69 Å². The van der Waals surface area contributed by atoms with Crippen LogP contribution in [0.5, 0.6) is 0 Å². The predicted octanol–water partition coefficient (Wildman–Crippen LogP) is 5.67. The van der Waals surface area contributed by atoms with Gasteiger partial charge in [-0.15, -0.1) is 3.97 Å². The van der Waals surface area contributed by atoms with E-state index >= 15 is 0 Å². The Balaban J connectivity index is 1.94. The van der Waals surface area contributed by atoms with E-state index in [1.54, 1.807) is 32.6 Å². The maximum atomic E-state index is 12.8. The van der Waals surface area contributed by atoms with Crippen LogP contribution >= 0.6 is 11.6 Å². The summed E-state index contributed by atoms with van der Waals surface area (Å²) >= 11 is 6.13. The number of imidazole rings is 1. The molecule has 0 unspecified atom stereocenters. The Kier molecular flexibility index (Phi) is 10.4. The molecule has 0 N–H and O–H groups in total. The average Bonchev–Trinajstić information content (AvgIpc) is 3.14. The molecule has 0 radical (unpaired) electrons. The van der Waals surface area contributed by atoms with Gasteiger partial charge in [-0.2, -0.15) is 12.7 Å². The minimum atomic E-state index is -3.61. The fourth-order valence-electron chi connectivity index (χ4n) is 3.56. The summed E-state index contributed by atoms with van der Waals surface area (Å²) in [5, 5.41) is 0.587. The zero-order valence-electron chi connectivity index (χ0n) is 18.7. The lowest BCUT2D eigenvalue weighted by molar-refractivity contribution is -0.696. The van der Waals surface area contributed by atoms with E-state index in [-0.39, 0.29) is 0 Å². The molecule has 0 saturated heterocycles. The number of hydrogen-bond acceptors (Lipinski definition) is 2. The molecule has 0 aliphatic rings. The van der Waals surface area contributed by atoms with Gasteiger partial charge in [0.1, 0.15) is 6.20 Å². The molecule has 2 aromatic rings. The van der Waals surface area contributed by atoms with Crippen molar-refractivity contribution in [2.75, 3.05) is 14.1 Å². The maximum Gasteiger partial charge on any atom is 0.379 e. The van der Waals surface area contributed by atoms with Crippen molar-refractivity contribution < 1.29 is 13.0 Å². The molecule has 7 heteroatoms. The third kappa shape index (κ3) is 7.40. The van der Waals surface area contributed by atoms with E-state index < -0.39 is 10.2 Å². The van der Waals surface area contributed by atoms with Crippen molar-refractivity contribution in [2.45, 2.75) is 77.7 Å². The Bertz CT molecular complexity index is 878. The van der Waals surface area contributed by atoms with E-state index in [2.05, 4.69) is 6.92 Å². The van der Waals surface area contributed by atoms with Crippen molar-refractivity contribution in [3.8, 4) is 11.3 Å². The number of hydrogen-bond donors (Lipinski definition) is 0. The Hall–Kier alpha value is -1.37. The fraction of sp³-hybridized carbons (Fsp3) is 0.609. The van der Waals surface area contributed by atoms with Crippen LogP contribution in [0.2, 0.25) is 5.02 Å². The van der Waals surface area contributed by atoms with Crippen molar-refractivity contribution >= 4 is 21.8 Å². The molecule has 0 amide bonds. The molecule has 0 saturated carbocycles. The first kappa shape index (κ1) is 24.9. The second-order valence-corrected chi connectivity index (χ2v) is 10.6. The summed E-state index contributed by atoms with van der Waals surface area (Å²) in [6.45, 7) is 3.06. The molecule has 1 aromatic heterocycles. The minimum absolute atomic E-state index is 0.587. The second-order valence-electron chi connectivity index (χ2n) is 8.15.